The van der Waals surface area contributed by atoms with Crippen molar-refractivity contribution in [2.45, 2.75) is 50.1 Å². The van der Waals surface area contributed by atoms with E-state index in [-0.39, 0.29) is 16.8 Å². The summed E-state index contributed by atoms with van der Waals surface area (Å²) in [7, 11) is 3.37. The Bertz CT molecular complexity index is 1220. The molecule has 35 heavy (non-hydrogen) atoms. The van der Waals surface area contributed by atoms with Gasteiger partial charge >= 0.3 is 0 Å². The lowest BCUT2D eigenvalue weighted by atomic mass is 9.62. The fourth-order valence-electron chi connectivity index (χ4n) is 8.09. The van der Waals surface area contributed by atoms with Crippen LogP contribution in [0.5, 0.6) is 17.2 Å². The molecule has 2 aromatic rings. The number of rotatable bonds is 6. The zero-order chi connectivity index (χ0) is 24.3. The highest BCUT2D eigenvalue weighted by Gasteiger charge is 2.75. The van der Waals surface area contributed by atoms with Gasteiger partial charge in [-0.3, -0.25) is 4.48 Å². The lowest BCUT2D eigenvalue weighted by molar-refractivity contribution is -0.970. The van der Waals surface area contributed by atoms with Crippen molar-refractivity contribution in [3.63, 3.8) is 0 Å². The summed E-state index contributed by atoms with van der Waals surface area (Å²) in [6.07, 6.45) is 15.3. The molecule has 2 spiro atoms. The number of quaternary nitrogens is 1. The van der Waals surface area contributed by atoms with E-state index in [0.717, 1.165) is 35.2 Å². The van der Waals surface area contributed by atoms with Gasteiger partial charge in [-0.2, -0.15) is 0 Å². The van der Waals surface area contributed by atoms with E-state index in [0.29, 0.717) is 11.2 Å². The molecule has 0 radical (unpaired) electrons. The Hall–Kier alpha value is -2.92. The number of anilines is 1. The van der Waals surface area contributed by atoms with Crippen LogP contribution in [0.3, 0.4) is 0 Å². The van der Waals surface area contributed by atoms with Crippen LogP contribution >= 0.6 is 0 Å². The number of hydrogen-bond donors (Lipinski definition) is 2. The van der Waals surface area contributed by atoms with Crippen molar-refractivity contribution in [3.05, 3.63) is 65.8 Å². The Balaban J connectivity index is 1.44. The molecule has 0 unspecified atom stereocenters. The first-order chi connectivity index (χ1) is 17.0. The molecule has 2 aromatic carbocycles. The third-order valence-electron chi connectivity index (χ3n) is 9.87. The second-order valence-corrected chi connectivity index (χ2v) is 11.1. The fraction of sp³-hybridized carbons (Fsp3) is 0.467. The van der Waals surface area contributed by atoms with E-state index in [2.05, 4.69) is 54.7 Å². The van der Waals surface area contributed by atoms with Crippen molar-refractivity contribution in [1.29, 1.82) is 0 Å². The molecule has 4 aliphatic rings. The third-order valence-corrected chi connectivity index (χ3v) is 9.87. The molecule has 5 nitrogen and oxygen atoms in total. The number of phenols is 1. The molecule has 0 aliphatic carbocycles. The molecule has 2 fully saturated rings. The molecule has 6 rings (SSSR count). The number of benzene rings is 2. The Morgan fingerprint density at radius 1 is 1.09 bits per heavy atom. The maximum atomic E-state index is 9.99. The molecule has 184 valence electrons. The van der Waals surface area contributed by atoms with Gasteiger partial charge in [-0.25, -0.2) is 0 Å². The van der Waals surface area contributed by atoms with E-state index in [1.165, 1.54) is 43.6 Å². The number of piperidine rings is 1. The Kier molecular flexibility index (Phi) is 5.02. The van der Waals surface area contributed by atoms with Crippen molar-refractivity contribution in [3.8, 4) is 17.2 Å². The molecule has 0 amide bonds. The Labute approximate surface area is 208 Å². The number of nitrogens with one attached hydrogen (secondary N) is 1. The topological polar surface area (TPSA) is 50.7 Å². The van der Waals surface area contributed by atoms with E-state index in [1.807, 2.05) is 12.1 Å². The first kappa shape index (κ1) is 22.5. The molecule has 4 aliphatic heterocycles. The normalized spacial score (nSPS) is 34.3. The molecule has 0 aromatic heterocycles. The summed E-state index contributed by atoms with van der Waals surface area (Å²) in [5.41, 5.74) is 3.98. The molecular formula is C30H37N2O3+. The van der Waals surface area contributed by atoms with Gasteiger partial charge in [0.25, 0.3) is 0 Å². The third kappa shape index (κ3) is 2.91. The summed E-state index contributed by atoms with van der Waals surface area (Å²) in [4.78, 5) is 0. The minimum absolute atomic E-state index is 0.0134. The largest absolute Gasteiger partial charge is 0.504 e. The zero-order valence-corrected chi connectivity index (χ0v) is 21.1. The highest BCUT2D eigenvalue weighted by molar-refractivity contribution is 5.72. The number of allylic oxidation sites excluding steroid dienone is 1. The molecule has 4 heterocycles. The maximum absolute atomic E-state index is 9.99. The van der Waals surface area contributed by atoms with Crippen molar-refractivity contribution < 1.29 is 19.1 Å². The van der Waals surface area contributed by atoms with Crippen molar-refractivity contribution in [2.75, 3.05) is 39.2 Å². The first-order valence-corrected chi connectivity index (χ1v) is 13.0. The van der Waals surface area contributed by atoms with E-state index >= 15 is 0 Å². The van der Waals surface area contributed by atoms with Gasteiger partial charge < -0.3 is 19.9 Å². The van der Waals surface area contributed by atoms with E-state index in [9.17, 15) is 5.11 Å². The van der Waals surface area contributed by atoms with Gasteiger partial charge in [-0.05, 0) is 54.7 Å². The van der Waals surface area contributed by atoms with Gasteiger partial charge in [0, 0.05) is 18.3 Å². The lowest BCUT2D eigenvalue weighted by Crippen LogP contribution is -2.74. The van der Waals surface area contributed by atoms with Gasteiger partial charge in [-0.1, -0.05) is 43.4 Å². The van der Waals surface area contributed by atoms with Crippen LogP contribution in [0.2, 0.25) is 0 Å². The van der Waals surface area contributed by atoms with Crippen molar-refractivity contribution in [1.82, 2.24) is 0 Å². The SMILES string of the molecule is CC[C@@]12C=CC[N@+]3(CC[C@@]4(C/C=C/c5ccc(O)c(OC)c5)c5cccc(OC)c5N[C@]43CC1)C2. The number of fused-ring (bicyclic) bond motifs is 3. The summed E-state index contributed by atoms with van der Waals surface area (Å²) in [5.74, 6) is 1.63. The maximum Gasteiger partial charge on any atom is 0.183 e. The van der Waals surface area contributed by atoms with Crippen LogP contribution in [-0.4, -0.2) is 49.1 Å². The van der Waals surface area contributed by atoms with E-state index in [1.54, 1.807) is 20.3 Å². The average Bonchev–Trinajstić information content (AvgIpc) is 3.31. The number of hydrogen-bond acceptors (Lipinski definition) is 4. The van der Waals surface area contributed by atoms with Crippen LogP contribution in [0.1, 0.15) is 50.2 Å². The van der Waals surface area contributed by atoms with Gasteiger partial charge in [0.1, 0.15) is 5.75 Å². The molecule has 0 saturated carbocycles. The van der Waals surface area contributed by atoms with Gasteiger partial charge in [0.2, 0.25) is 0 Å². The molecule has 4 atom stereocenters. The van der Waals surface area contributed by atoms with Crippen LogP contribution in [-0.2, 0) is 5.41 Å². The predicted molar refractivity (Wildman–Crippen MR) is 140 cm³/mol. The number of para-hydroxylation sites is 1. The van der Waals surface area contributed by atoms with Crippen LogP contribution in [0, 0.1) is 5.41 Å². The Morgan fingerprint density at radius 2 is 1.94 bits per heavy atom. The van der Waals surface area contributed by atoms with E-state index in [4.69, 9.17) is 9.47 Å². The van der Waals surface area contributed by atoms with E-state index < -0.39 is 0 Å². The lowest BCUT2D eigenvalue weighted by Gasteiger charge is -2.60. The molecule has 5 heteroatoms. The van der Waals surface area contributed by atoms with Gasteiger partial charge in [-0.15, -0.1) is 0 Å². The molecular weight excluding hydrogens is 436 g/mol. The number of phenolic OH excluding ortho intramolecular Hbond substituents is 1. The number of methoxy groups -OCH3 is 2. The summed E-state index contributed by atoms with van der Waals surface area (Å²) < 4.78 is 12.3. The molecule has 2 saturated heterocycles. The summed E-state index contributed by atoms with van der Waals surface area (Å²) >= 11 is 0. The quantitative estimate of drug-likeness (QED) is 0.408. The van der Waals surface area contributed by atoms with Crippen LogP contribution in [0.4, 0.5) is 5.69 Å². The number of nitrogens with zero attached hydrogens (tertiary/aromatic N) is 1. The van der Waals surface area contributed by atoms with Gasteiger partial charge in [0.15, 0.2) is 17.2 Å². The predicted octanol–water partition coefficient (Wildman–Crippen LogP) is 5.85. The second-order valence-electron chi connectivity index (χ2n) is 11.1. The van der Waals surface area contributed by atoms with Gasteiger partial charge in [0.05, 0.1) is 45.0 Å². The zero-order valence-electron chi connectivity index (χ0n) is 21.1. The van der Waals surface area contributed by atoms with Crippen molar-refractivity contribution in [2.24, 2.45) is 5.41 Å². The van der Waals surface area contributed by atoms with Crippen molar-refractivity contribution >= 4 is 11.8 Å². The smallest absolute Gasteiger partial charge is 0.183 e. The minimum atomic E-state index is -0.0234. The summed E-state index contributed by atoms with van der Waals surface area (Å²) in [5, 5.41) is 14.1. The highest BCUT2D eigenvalue weighted by Crippen LogP contribution is 2.67. The minimum Gasteiger partial charge on any atom is -0.504 e. The van der Waals surface area contributed by atoms with Crippen LogP contribution in [0.25, 0.3) is 6.08 Å². The molecule has 2 bridgehead atoms. The van der Waals surface area contributed by atoms with Crippen LogP contribution < -0.4 is 14.8 Å². The molecule has 2 N–H and O–H groups in total. The standard InChI is InChI=1S/C30H36N2O3/c1-4-28-13-7-18-32(21-28)19-17-29(14-6-8-22-11-12-24(33)26(20-22)35-3)23-9-5-10-25(34-2)27(23)31-30(29,32)16-15-28/h5-13,20,31H,4,14-19,21H2,1-3H3/p+1/b8-6+/t28-,29+,30+,32+/m1/s1. The average molecular weight is 474 g/mol. The highest BCUT2D eigenvalue weighted by atomic mass is 16.5. The Morgan fingerprint density at radius 3 is 2.74 bits per heavy atom. The van der Waals surface area contributed by atoms with Crippen LogP contribution in [0.15, 0.2) is 54.6 Å². The fourth-order valence-corrected chi connectivity index (χ4v) is 8.09. The summed E-state index contributed by atoms with van der Waals surface area (Å²) in [6, 6.07) is 12.1. The number of aromatic hydroxyl groups is 1. The second kappa shape index (κ2) is 7.79. The monoisotopic (exact) mass is 473 g/mol. The summed E-state index contributed by atoms with van der Waals surface area (Å²) in [6.45, 7) is 5.90. The number of ether oxygens (including phenoxy) is 2. The first-order valence-electron chi connectivity index (χ1n) is 13.0.